The highest BCUT2D eigenvalue weighted by atomic mass is 32.1. The molecule has 7 heteroatoms. The first-order valence-electron chi connectivity index (χ1n) is 6.00. The van der Waals surface area contributed by atoms with Gasteiger partial charge in [-0.15, -0.1) is 5.10 Å². The van der Waals surface area contributed by atoms with Gasteiger partial charge in [-0.25, -0.2) is 4.79 Å². The molecule has 1 saturated heterocycles. The molecule has 0 N–H and O–H groups in total. The van der Waals surface area contributed by atoms with Crippen molar-refractivity contribution in [3.8, 4) is 5.19 Å². The molecule has 1 aliphatic rings. The van der Waals surface area contributed by atoms with Crippen LogP contribution in [0.1, 0.15) is 29.6 Å². The molecule has 0 saturated carbocycles. The van der Waals surface area contributed by atoms with E-state index in [0.717, 1.165) is 37.4 Å². The molecule has 0 bridgehead atoms. The summed E-state index contributed by atoms with van der Waals surface area (Å²) >= 11 is 1.12. The van der Waals surface area contributed by atoms with Gasteiger partial charge in [0.05, 0.1) is 13.2 Å². The molecule has 100 valence electrons. The molecular weight excluding hydrogens is 256 g/mol. The number of carbonyl (C=O) groups excluding carboxylic acids is 1. The fraction of sp³-hybridized carbons (Fsp3) is 0.727. The highest BCUT2D eigenvalue weighted by Gasteiger charge is 2.17. The van der Waals surface area contributed by atoms with Crippen LogP contribution in [0.15, 0.2) is 0 Å². The van der Waals surface area contributed by atoms with Crippen molar-refractivity contribution in [2.75, 3.05) is 26.4 Å². The first-order chi connectivity index (χ1) is 8.79. The van der Waals surface area contributed by atoms with Crippen LogP contribution in [0.5, 0.6) is 5.19 Å². The standard InChI is InChI=1S/C11H16N2O4S/c1-2-16-10(14)9-12-13-11(18-9)17-7-8-3-5-15-6-4-8/h8H,2-7H2,1H3. The van der Waals surface area contributed by atoms with Crippen LogP contribution < -0.4 is 4.74 Å². The van der Waals surface area contributed by atoms with E-state index in [4.69, 9.17) is 14.2 Å². The molecule has 0 amide bonds. The predicted molar refractivity (Wildman–Crippen MR) is 64.9 cm³/mol. The maximum absolute atomic E-state index is 11.4. The number of carbonyl (C=O) groups is 1. The third kappa shape index (κ3) is 3.64. The number of rotatable bonds is 5. The predicted octanol–water partition coefficient (Wildman–Crippen LogP) is 1.52. The molecule has 1 fully saturated rings. The number of ether oxygens (including phenoxy) is 3. The third-order valence-electron chi connectivity index (χ3n) is 2.64. The average molecular weight is 272 g/mol. The van der Waals surface area contributed by atoms with Gasteiger partial charge in [0.2, 0.25) is 5.01 Å². The normalized spacial score (nSPS) is 16.5. The highest BCUT2D eigenvalue weighted by Crippen LogP contribution is 2.21. The Hall–Kier alpha value is -1.21. The molecule has 1 aromatic heterocycles. The lowest BCUT2D eigenvalue weighted by Gasteiger charge is -2.21. The zero-order chi connectivity index (χ0) is 12.8. The second kappa shape index (κ2) is 6.65. The first kappa shape index (κ1) is 13.2. The van der Waals surface area contributed by atoms with Crippen molar-refractivity contribution in [1.29, 1.82) is 0 Å². The van der Waals surface area contributed by atoms with Crippen molar-refractivity contribution in [2.24, 2.45) is 5.92 Å². The minimum atomic E-state index is -0.448. The van der Waals surface area contributed by atoms with Crippen LogP contribution in [0, 0.1) is 5.92 Å². The van der Waals surface area contributed by atoms with Crippen molar-refractivity contribution in [3.05, 3.63) is 5.01 Å². The molecule has 1 aliphatic heterocycles. The van der Waals surface area contributed by atoms with Crippen LogP contribution in [0.3, 0.4) is 0 Å². The Bertz CT molecular complexity index is 390. The molecule has 18 heavy (non-hydrogen) atoms. The summed E-state index contributed by atoms with van der Waals surface area (Å²) in [6.07, 6.45) is 2.01. The molecule has 6 nitrogen and oxygen atoms in total. The van der Waals surface area contributed by atoms with E-state index in [1.54, 1.807) is 6.92 Å². The lowest BCUT2D eigenvalue weighted by molar-refractivity contribution is 0.0495. The van der Waals surface area contributed by atoms with Gasteiger partial charge in [0, 0.05) is 13.2 Å². The Balaban J connectivity index is 1.80. The quantitative estimate of drug-likeness (QED) is 0.757. The molecule has 2 heterocycles. The molecule has 1 aromatic rings. The SMILES string of the molecule is CCOC(=O)c1nnc(OCC2CCOCC2)s1. The molecule has 0 atom stereocenters. The highest BCUT2D eigenvalue weighted by molar-refractivity contribution is 7.14. The topological polar surface area (TPSA) is 70.5 Å². The van der Waals surface area contributed by atoms with Gasteiger partial charge in [0.15, 0.2) is 0 Å². The number of esters is 1. The maximum atomic E-state index is 11.4. The Kier molecular flexibility index (Phi) is 4.89. The number of hydrogen-bond acceptors (Lipinski definition) is 7. The van der Waals surface area contributed by atoms with E-state index in [0.29, 0.717) is 24.3 Å². The van der Waals surface area contributed by atoms with Crippen molar-refractivity contribution < 1.29 is 19.0 Å². The van der Waals surface area contributed by atoms with E-state index in [-0.39, 0.29) is 5.01 Å². The second-order valence-corrected chi connectivity index (χ2v) is 4.90. The van der Waals surface area contributed by atoms with Gasteiger partial charge in [-0.05, 0) is 37.0 Å². The summed E-state index contributed by atoms with van der Waals surface area (Å²) in [7, 11) is 0. The van der Waals surface area contributed by atoms with Gasteiger partial charge in [0.25, 0.3) is 5.19 Å². The number of aromatic nitrogens is 2. The summed E-state index contributed by atoms with van der Waals surface area (Å²) in [6.45, 7) is 4.26. The number of hydrogen-bond donors (Lipinski definition) is 0. The molecule has 0 aromatic carbocycles. The van der Waals surface area contributed by atoms with Crippen LogP contribution in [-0.4, -0.2) is 42.6 Å². The fourth-order valence-corrected chi connectivity index (χ4v) is 2.24. The van der Waals surface area contributed by atoms with Crippen LogP contribution in [0.25, 0.3) is 0 Å². The van der Waals surface area contributed by atoms with Gasteiger partial charge >= 0.3 is 5.97 Å². The monoisotopic (exact) mass is 272 g/mol. The molecule has 0 unspecified atom stereocenters. The minimum Gasteiger partial charge on any atom is -0.469 e. The average Bonchev–Trinajstić information content (AvgIpc) is 2.87. The van der Waals surface area contributed by atoms with Crippen LogP contribution in [0.4, 0.5) is 0 Å². The Morgan fingerprint density at radius 1 is 1.44 bits per heavy atom. The van der Waals surface area contributed by atoms with Crippen molar-refractivity contribution in [3.63, 3.8) is 0 Å². The maximum Gasteiger partial charge on any atom is 0.369 e. The minimum absolute atomic E-state index is 0.235. The van der Waals surface area contributed by atoms with E-state index < -0.39 is 5.97 Å². The zero-order valence-corrected chi connectivity index (χ0v) is 11.1. The van der Waals surface area contributed by atoms with Gasteiger partial charge in [-0.1, -0.05) is 5.10 Å². The smallest absolute Gasteiger partial charge is 0.369 e. The molecule has 0 spiro atoms. The van der Waals surface area contributed by atoms with E-state index in [1.807, 2.05) is 0 Å². The Morgan fingerprint density at radius 2 is 2.22 bits per heavy atom. The van der Waals surface area contributed by atoms with Crippen molar-refractivity contribution >= 4 is 17.3 Å². The van der Waals surface area contributed by atoms with Crippen LogP contribution in [0.2, 0.25) is 0 Å². The summed E-state index contributed by atoms with van der Waals surface area (Å²) in [5, 5.41) is 8.22. The summed E-state index contributed by atoms with van der Waals surface area (Å²) in [6, 6.07) is 0. The second-order valence-electron chi connectivity index (χ2n) is 3.96. The summed E-state index contributed by atoms with van der Waals surface area (Å²) < 4.78 is 15.6. The van der Waals surface area contributed by atoms with Gasteiger partial charge in [-0.3, -0.25) is 0 Å². The third-order valence-corrected chi connectivity index (χ3v) is 3.46. The Labute approximate surface area is 109 Å². The van der Waals surface area contributed by atoms with E-state index in [9.17, 15) is 4.79 Å². The molecular formula is C11H16N2O4S. The largest absolute Gasteiger partial charge is 0.469 e. The van der Waals surface area contributed by atoms with E-state index in [1.165, 1.54) is 0 Å². The zero-order valence-electron chi connectivity index (χ0n) is 10.3. The lowest BCUT2D eigenvalue weighted by atomic mass is 10.0. The van der Waals surface area contributed by atoms with Gasteiger partial charge in [-0.2, -0.15) is 0 Å². The molecule has 2 rings (SSSR count). The number of nitrogens with zero attached hydrogens (tertiary/aromatic N) is 2. The summed E-state index contributed by atoms with van der Waals surface area (Å²) in [5.74, 6) is 0.0459. The lowest BCUT2D eigenvalue weighted by Crippen LogP contribution is -2.21. The van der Waals surface area contributed by atoms with Gasteiger partial charge < -0.3 is 14.2 Å². The van der Waals surface area contributed by atoms with Crippen molar-refractivity contribution in [2.45, 2.75) is 19.8 Å². The summed E-state index contributed by atoms with van der Waals surface area (Å²) in [5.41, 5.74) is 0. The van der Waals surface area contributed by atoms with Crippen molar-refractivity contribution in [1.82, 2.24) is 10.2 Å². The van der Waals surface area contributed by atoms with Crippen LogP contribution >= 0.6 is 11.3 Å². The van der Waals surface area contributed by atoms with E-state index in [2.05, 4.69) is 10.2 Å². The molecule has 0 aliphatic carbocycles. The first-order valence-corrected chi connectivity index (χ1v) is 6.82. The molecule has 0 radical (unpaired) electrons. The summed E-state index contributed by atoms with van der Waals surface area (Å²) in [4.78, 5) is 11.4. The van der Waals surface area contributed by atoms with E-state index >= 15 is 0 Å². The fourth-order valence-electron chi connectivity index (χ4n) is 1.65. The van der Waals surface area contributed by atoms with Crippen LogP contribution in [-0.2, 0) is 9.47 Å². The Morgan fingerprint density at radius 3 is 2.94 bits per heavy atom. The van der Waals surface area contributed by atoms with Gasteiger partial charge in [0.1, 0.15) is 0 Å².